The van der Waals surface area contributed by atoms with Crippen LogP contribution in [0, 0.1) is 5.92 Å². The highest BCUT2D eigenvalue weighted by Gasteiger charge is 2.13. The van der Waals surface area contributed by atoms with E-state index in [1.54, 1.807) is 7.11 Å². The minimum atomic E-state index is 0.369. The van der Waals surface area contributed by atoms with Gasteiger partial charge in [0.1, 0.15) is 5.75 Å². The molecule has 1 aromatic rings. The average molecular weight is 324 g/mol. The molecule has 1 aromatic carbocycles. The third-order valence-corrected chi connectivity index (χ3v) is 4.39. The van der Waals surface area contributed by atoms with Gasteiger partial charge in [-0.05, 0) is 72.3 Å². The van der Waals surface area contributed by atoms with Gasteiger partial charge < -0.3 is 10.1 Å². The molecule has 2 unspecified atom stereocenters. The van der Waals surface area contributed by atoms with E-state index in [-0.39, 0.29) is 0 Å². The lowest BCUT2D eigenvalue weighted by atomic mass is 9.94. The lowest BCUT2D eigenvalue weighted by molar-refractivity contribution is 0.408. The summed E-state index contributed by atoms with van der Waals surface area (Å²) in [6.45, 7) is 3.31. The fraction of sp³-hybridized carbons (Fsp3) is 0.500. The molecule has 2 rings (SSSR count). The van der Waals surface area contributed by atoms with Gasteiger partial charge >= 0.3 is 0 Å². The van der Waals surface area contributed by atoms with E-state index in [1.807, 2.05) is 6.07 Å². The van der Waals surface area contributed by atoms with Crippen molar-refractivity contribution in [2.75, 3.05) is 13.7 Å². The monoisotopic (exact) mass is 323 g/mol. The molecule has 0 amide bonds. The van der Waals surface area contributed by atoms with Crippen molar-refractivity contribution in [2.45, 2.75) is 32.2 Å². The molecule has 3 heteroatoms. The molecule has 0 bridgehead atoms. The molecule has 0 spiro atoms. The van der Waals surface area contributed by atoms with E-state index in [4.69, 9.17) is 4.74 Å². The lowest BCUT2D eigenvalue weighted by Gasteiger charge is -2.22. The van der Waals surface area contributed by atoms with Crippen molar-refractivity contribution in [3.8, 4) is 5.75 Å². The Labute approximate surface area is 124 Å². The van der Waals surface area contributed by atoms with E-state index in [2.05, 4.69) is 52.5 Å². The molecule has 2 atom stereocenters. The Balaban J connectivity index is 1.90. The normalized spacial score (nSPS) is 20.3. The number of nitrogens with one attached hydrogen (secondary N) is 1. The van der Waals surface area contributed by atoms with Crippen molar-refractivity contribution < 1.29 is 4.74 Å². The number of benzene rings is 1. The van der Waals surface area contributed by atoms with Crippen LogP contribution in [0.15, 0.2) is 34.8 Å². The Morgan fingerprint density at radius 1 is 1.42 bits per heavy atom. The van der Waals surface area contributed by atoms with Crippen LogP contribution in [-0.4, -0.2) is 13.7 Å². The molecule has 104 valence electrons. The quantitative estimate of drug-likeness (QED) is 0.807. The molecule has 0 saturated carbocycles. The molecule has 0 saturated heterocycles. The summed E-state index contributed by atoms with van der Waals surface area (Å²) in [5, 5.41) is 3.64. The summed E-state index contributed by atoms with van der Waals surface area (Å²) >= 11 is 3.54. The van der Waals surface area contributed by atoms with E-state index in [0.717, 1.165) is 22.7 Å². The predicted molar refractivity (Wildman–Crippen MR) is 83.6 cm³/mol. The van der Waals surface area contributed by atoms with Gasteiger partial charge in [-0.2, -0.15) is 0 Å². The number of allylic oxidation sites excluding steroid dienone is 2. The zero-order valence-electron chi connectivity index (χ0n) is 11.7. The Kier molecular flexibility index (Phi) is 5.46. The number of ether oxygens (including phenoxy) is 1. The van der Waals surface area contributed by atoms with E-state index >= 15 is 0 Å². The number of hydrogen-bond acceptors (Lipinski definition) is 2. The van der Waals surface area contributed by atoms with Gasteiger partial charge in [-0.25, -0.2) is 0 Å². The van der Waals surface area contributed by atoms with Crippen LogP contribution in [0.25, 0.3) is 0 Å². The van der Waals surface area contributed by atoms with Gasteiger partial charge in [0.15, 0.2) is 0 Å². The molecular weight excluding hydrogens is 302 g/mol. The summed E-state index contributed by atoms with van der Waals surface area (Å²) in [6, 6.07) is 6.65. The molecule has 0 aromatic heterocycles. The van der Waals surface area contributed by atoms with Crippen LogP contribution in [0.2, 0.25) is 0 Å². The minimum Gasteiger partial charge on any atom is -0.496 e. The number of halogens is 1. The van der Waals surface area contributed by atoms with E-state index in [9.17, 15) is 0 Å². The third-order valence-electron chi connectivity index (χ3n) is 3.77. The fourth-order valence-electron chi connectivity index (χ4n) is 2.45. The highest BCUT2D eigenvalue weighted by atomic mass is 79.9. The van der Waals surface area contributed by atoms with Gasteiger partial charge in [0.2, 0.25) is 0 Å². The summed E-state index contributed by atoms with van der Waals surface area (Å²) in [5.41, 5.74) is 1.29. The maximum absolute atomic E-state index is 5.26. The molecule has 1 aliphatic rings. The summed E-state index contributed by atoms with van der Waals surface area (Å²) < 4.78 is 6.28. The molecule has 1 N–H and O–H groups in total. The Morgan fingerprint density at radius 3 is 2.89 bits per heavy atom. The molecule has 0 radical (unpaired) electrons. The van der Waals surface area contributed by atoms with Crippen molar-refractivity contribution in [3.05, 3.63) is 40.4 Å². The first kappa shape index (κ1) is 14.6. The number of hydrogen-bond donors (Lipinski definition) is 1. The highest BCUT2D eigenvalue weighted by molar-refractivity contribution is 9.10. The van der Waals surface area contributed by atoms with Crippen molar-refractivity contribution in [2.24, 2.45) is 5.92 Å². The Bertz CT molecular complexity index is 444. The van der Waals surface area contributed by atoms with Crippen molar-refractivity contribution in [1.82, 2.24) is 5.32 Å². The van der Waals surface area contributed by atoms with Gasteiger partial charge in [-0.15, -0.1) is 0 Å². The lowest BCUT2D eigenvalue weighted by Crippen LogP contribution is -2.26. The van der Waals surface area contributed by atoms with Crippen molar-refractivity contribution >= 4 is 15.9 Å². The van der Waals surface area contributed by atoms with Crippen LogP contribution in [0.5, 0.6) is 5.75 Å². The van der Waals surface area contributed by atoms with Crippen molar-refractivity contribution in [3.63, 3.8) is 0 Å². The molecule has 0 heterocycles. The van der Waals surface area contributed by atoms with E-state index < -0.39 is 0 Å². The van der Waals surface area contributed by atoms with Gasteiger partial charge in [-0.3, -0.25) is 0 Å². The SMILES string of the molecule is COc1ccc(C(C)NCC2CC=CCC2)cc1Br. The van der Waals surface area contributed by atoms with Crippen molar-refractivity contribution in [1.29, 1.82) is 0 Å². The maximum Gasteiger partial charge on any atom is 0.133 e. The van der Waals surface area contributed by atoms with Gasteiger partial charge in [-0.1, -0.05) is 18.2 Å². The second kappa shape index (κ2) is 7.11. The van der Waals surface area contributed by atoms with E-state index in [1.165, 1.54) is 24.8 Å². The third kappa shape index (κ3) is 4.08. The smallest absolute Gasteiger partial charge is 0.133 e. The number of rotatable bonds is 5. The molecular formula is C16H22BrNO. The van der Waals surface area contributed by atoms with Gasteiger partial charge in [0.05, 0.1) is 11.6 Å². The van der Waals surface area contributed by atoms with Crippen LogP contribution in [0.1, 0.15) is 37.8 Å². The Hall–Kier alpha value is -0.800. The van der Waals surface area contributed by atoms with Crippen LogP contribution in [0.3, 0.4) is 0 Å². The molecule has 0 aliphatic heterocycles. The highest BCUT2D eigenvalue weighted by Crippen LogP contribution is 2.28. The van der Waals surface area contributed by atoms with Gasteiger partial charge in [0.25, 0.3) is 0 Å². The van der Waals surface area contributed by atoms with Crippen LogP contribution in [0.4, 0.5) is 0 Å². The second-order valence-corrected chi connectivity index (χ2v) is 6.03. The second-order valence-electron chi connectivity index (χ2n) is 5.17. The van der Waals surface area contributed by atoms with Gasteiger partial charge in [0, 0.05) is 6.04 Å². The standard InChI is InChI=1S/C16H22BrNO/c1-12(18-11-13-6-4-3-5-7-13)14-8-9-16(19-2)15(17)10-14/h3-4,8-10,12-13,18H,5-7,11H2,1-2H3. The molecule has 1 aliphatic carbocycles. The number of methoxy groups -OCH3 is 1. The maximum atomic E-state index is 5.26. The zero-order valence-corrected chi connectivity index (χ0v) is 13.2. The van der Waals surface area contributed by atoms with Crippen LogP contribution in [-0.2, 0) is 0 Å². The molecule has 0 fully saturated rings. The first-order valence-electron chi connectivity index (χ1n) is 6.92. The Morgan fingerprint density at radius 2 is 2.26 bits per heavy atom. The largest absolute Gasteiger partial charge is 0.496 e. The topological polar surface area (TPSA) is 21.3 Å². The molecule has 19 heavy (non-hydrogen) atoms. The summed E-state index contributed by atoms with van der Waals surface area (Å²) in [4.78, 5) is 0. The minimum absolute atomic E-state index is 0.369. The summed E-state index contributed by atoms with van der Waals surface area (Å²) in [7, 11) is 1.69. The average Bonchev–Trinajstić information content (AvgIpc) is 2.45. The fourth-order valence-corrected chi connectivity index (χ4v) is 3.01. The van der Waals surface area contributed by atoms with Crippen LogP contribution < -0.4 is 10.1 Å². The summed E-state index contributed by atoms with van der Waals surface area (Å²) in [6.07, 6.45) is 8.36. The summed E-state index contributed by atoms with van der Waals surface area (Å²) in [5.74, 6) is 1.67. The molecule has 2 nitrogen and oxygen atoms in total. The first-order valence-corrected chi connectivity index (χ1v) is 7.72. The predicted octanol–water partition coefficient (Wildman–Crippen LogP) is 4.46. The zero-order chi connectivity index (χ0) is 13.7. The van der Waals surface area contributed by atoms with E-state index in [0.29, 0.717) is 6.04 Å². The first-order chi connectivity index (χ1) is 9.20. The van der Waals surface area contributed by atoms with Crippen LogP contribution >= 0.6 is 15.9 Å².